The first-order chi connectivity index (χ1) is 3.93. The molecule has 1 aromatic rings. The maximum absolute atomic E-state index is 8.11. The Balaban J connectivity index is 2.67. The van der Waals surface area contributed by atoms with Gasteiger partial charge in [0, 0.05) is 0 Å². The van der Waals surface area contributed by atoms with Crippen LogP contribution in [0, 0.1) is 16.8 Å². The Morgan fingerprint density at radius 1 is 1.88 bits per heavy atom. The highest BCUT2D eigenvalue weighted by Gasteiger charge is 1.91. The van der Waals surface area contributed by atoms with E-state index in [0.29, 0.717) is 6.42 Å². The van der Waals surface area contributed by atoms with Crippen molar-refractivity contribution in [1.29, 1.82) is 5.26 Å². The lowest BCUT2D eigenvalue weighted by Gasteiger charge is -1.72. The largest absolute Gasteiger partial charge is 0.198 e. The topological polar surface area (TPSA) is 49.6 Å². The van der Waals surface area contributed by atoms with E-state index in [4.69, 9.17) is 5.26 Å². The summed E-state index contributed by atoms with van der Waals surface area (Å²) < 4.78 is 0. The minimum atomic E-state index is 0.348. The van der Waals surface area contributed by atoms with Crippen molar-refractivity contribution >= 4 is 11.3 Å². The fourth-order valence-corrected chi connectivity index (χ4v) is 0.714. The highest BCUT2D eigenvalue weighted by molar-refractivity contribution is 7.08. The zero-order chi connectivity index (χ0) is 5.82. The Morgan fingerprint density at radius 2 is 2.75 bits per heavy atom. The van der Waals surface area contributed by atoms with E-state index < -0.39 is 0 Å². The van der Waals surface area contributed by atoms with Crippen LogP contribution >= 0.6 is 11.3 Å². The molecule has 0 amide bonds. The molecular weight excluding hydrogens is 122 g/mol. The van der Waals surface area contributed by atoms with Gasteiger partial charge in [0.25, 0.3) is 0 Å². The summed E-state index contributed by atoms with van der Waals surface area (Å²) in [7, 11) is 0. The van der Waals surface area contributed by atoms with Crippen LogP contribution in [0.3, 0.4) is 0 Å². The van der Waals surface area contributed by atoms with Crippen LogP contribution in [-0.4, -0.2) is 10.2 Å². The lowest BCUT2D eigenvalue weighted by atomic mass is 10.5. The van der Waals surface area contributed by atoms with Gasteiger partial charge in [-0.15, -0.1) is 10.2 Å². The summed E-state index contributed by atoms with van der Waals surface area (Å²) in [5.74, 6) is 0. The average molecular weight is 124 g/mol. The average Bonchev–Trinajstić information content (AvgIpc) is 2.19. The first kappa shape index (κ1) is 5.19. The van der Waals surface area contributed by atoms with Gasteiger partial charge in [-0.05, 0) is 0 Å². The van der Waals surface area contributed by atoms with Crippen molar-refractivity contribution in [2.75, 3.05) is 0 Å². The van der Waals surface area contributed by atoms with Gasteiger partial charge >= 0.3 is 0 Å². The van der Waals surface area contributed by atoms with E-state index in [1.165, 1.54) is 11.3 Å². The number of hydrogen-bond donors (Lipinski definition) is 0. The summed E-state index contributed by atoms with van der Waals surface area (Å²) in [6.07, 6.45) is 0.348. The number of rotatable bonds is 1. The van der Waals surface area contributed by atoms with Gasteiger partial charge < -0.3 is 0 Å². The Hall–Kier alpha value is -0.950. The van der Waals surface area contributed by atoms with Gasteiger partial charge in [-0.3, -0.25) is 0 Å². The van der Waals surface area contributed by atoms with Gasteiger partial charge in [0.15, 0.2) is 5.51 Å². The van der Waals surface area contributed by atoms with Crippen molar-refractivity contribution in [2.24, 2.45) is 0 Å². The number of nitriles is 1. The molecule has 0 bridgehead atoms. The highest BCUT2D eigenvalue weighted by Crippen LogP contribution is 1.98. The molecular formula is C4H2N3S. The second-order valence-corrected chi connectivity index (χ2v) is 1.98. The summed E-state index contributed by atoms with van der Waals surface area (Å²) in [6.45, 7) is 0. The third kappa shape index (κ3) is 1.01. The predicted octanol–water partition coefficient (Wildman–Crippen LogP) is 0.404. The summed E-state index contributed by atoms with van der Waals surface area (Å²) in [4.78, 5) is 0. The summed E-state index contributed by atoms with van der Waals surface area (Å²) in [6, 6.07) is 1.96. The SMILES string of the molecule is N#CCc1nn[c]s1. The van der Waals surface area contributed by atoms with Gasteiger partial charge in [0.05, 0.1) is 12.5 Å². The minimum Gasteiger partial charge on any atom is -0.198 e. The maximum atomic E-state index is 8.11. The molecule has 39 valence electrons. The summed E-state index contributed by atoms with van der Waals surface area (Å²) in [5, 5.41) is 15.9. The van der Waals surface area contributed by atoms with E-state index in [0.717, 1.165) is 5.01 Å². The molecule has 0 unspecified atom stereocenters. The van der Waals surface area contributed by atoms with Crippen molar-refractivity contribution in [3.05, 3.63) is 10.5 Å². The molecule has 0 fully saturated rings. The molecule has 3 nitrogen and oxygen atoms in total. The molecule has 0 N–H and O–H groups in total. The molecule has 0 saturated heterocycles. The fourth-order valence-electron chi connectivity index (χ4n) is 0.309. The van der Waals surface area contributed by atoms with Crippen LogP contribution in [0.2, 0.25) is 0 Å². The first-order valence-electron chi connectivity index (χ1n) is 1.99. The predicted molar refractivity (Wildman–Crippen MR) is 28.1 cm³/mol. The smallest absolute Gasteiger partial charge is 0.178 e. The van der Waals surface area contributed by atoms with Crippen molar-refractivity contribution in [3.8, 4) is 6.07 Å². The maximum Gasteiger partial charge on any atom is 0.178 e. The van der Waals surface area contributed by atoms with Crippen LogP contribution in [0.4, 0.5) is 0 Å². The van der Waals surface area contributed by atoms with Crippen LogP contribution in [0.1, 0.15) is 5.01 Å². The van der Waals surface area contributed by atoms with Crippen molar-refractivity contribution in [3.63, 3.8) is 0 Å². The number of aromatic nitrogens is 2. The standard InChI is InChI=1S/C4H2N3S/c5-2-1-4-7-6-3-8-4/h1H2. The van der Waals surface area contributed by atoms with E-state index >= 15 is 0 Å². The van der Waals surface area contributed by atoms with Gasteiger partial charge in [-0.1, -0.05) is 11.3 Å². The van der Waals surface area contributed by atoms with E-state index in [2.05, 4.69) is 15.7 Å². The molecule has 0 saturated carbocycles. The van der Waals surface area contributed by atoms with Crippen molar-refractivity contribution < 1.29 is 0 Å². The molecule has 8 heavy (non-hydrogen) atoms. The van der Waals surface area contributed by atoms with Crippen LogP contribution in [0.15, 0.2) is 0 Å². The third-order valence-electron chi connectivity index (χ3n) is 0.596. The fraction of sp³-hybridized carbons (Fsp3) is 0.250. The summed E-state index contributed by atoms with van der Waals surface area (Å²) >= 11 is 1.28. The lowest BCUT2D eigenvalue weighted by molar-refractivity contribution is 1.02. The molecule has 0 aromatic carbocycles. The van der Waals surface area contributed by atoms with Gasteiger partial charge in [-0.2, -0.15) is 5.26 Å². The number of hydrogen-bond acceptors (Lipinski definition) is 4. The molecule has 1 heterocycles. The second-order valence-electron chi connectivity index (χ2n) is 1.12. The van der Waals surface area contributed by atoms with E-state index in [1.807, 2.05) is 6.07 Å². The molecule has 1 rings (SSSR count). The Bertz CT molecular complexity index is 186. The van der Waals surface area contributed by atoms with Crippen LogP contribution in [0.25, 0.3) is 0 Å². The van der Waals surface area contributed by atoms with Gasteiger partial charge in [-0.25, -0.2) is 0 Å². The normalized spacial score (nSPS) is 8.38. The molecule has 0 aliphatic carbocycles. The zero-order valence-corrected chi connectivity index (χ0v) is 4.77. The Labute approximate surface area is 50.6 Å². The van der Waals surface area contributed by atoms with E-state index in [1.54, 1.807) is 0 Å². The quantitative estimate of drug-likeness (QED) is 0.544. The first-order valence-corrected chi connectivity index (χ1v) is 2.80. The third-order valence-corrected chi connectivity index (χ3v) is 1.23. The van der Waals surface area contributed by atoms with E-state index in [9.17, 15) is 0 Å². The summed E-state index contributed by atoms with van der Waals surface area (Å²) in [5.41, 5.74) is 2.54. The van der Waals surface area contributed by atoms with E-state index in [-0.39, 0.29) is 0 Å². The molecule has 0 aliphatic heterocycles. The second kappa shape index (κ2) is 2.38. The monoisotopic (exact) mass is 124 g/mol. The molecule has 0 aliphatic rings. The minimum absolute atomic E-state index is 0.348. The molecule has 0 atom stereocenters. The Kier molecular flexibility index (Phi) is 1.55. The van der Waals surface area contributed by atoms with Crippen LogP contribution < -0.4 is 0 Å². The molecule has 1 radical (unpaired) electrons. The molecule has 0 spiro atoms. The van der Waals surface area contributed by atoms with Gasteiger partial charge in [0.2, 0.25) is 0 Å². The lowest BCUT2D eigenvalue weighted by Crippen LogP contribution is -1.76. The molecule has 1 aromatic heterocycles. The Morgan fingerprint density at radius 3 is 3.25 bits per heavy atom. The molecule has 4 heteroatoms. The number of nitrogens with zero attached hydrogens (tertiary/aromatic N) is 3. The van der Waals surface area contributed by atoms with Gasteiger partial charge in [0.1, 0.15) is 5.01 Å². The van der Waals surface area contributed by atoms with Crippen molar-refractivity contribution in [1.82, 2.24) is 10.2 Å². The van der Waals surface area contributed by atoms with Crippen molar-refractivity contribution in [2.45, 2.75) is 6.42 Å². The van der Waals surface area contributed by atoms with Crippen LogP contribution in [0.5, 0.6) is 0 Å². The highest BCUT2D eigenvalue weighted by atomic mass is 32.1. The van der Waals surface area contributed by atoms with Crippen LogP contribution in [-0.2, 0) is 6.42 Å². The zero-order valence-electron chi connectivity index (χ0n) is 3.96.